The zero-order valence-electron chi connectivity index (χ0n) is 26.7. The fraction of sp³-hybridized carbons (Fsp3) is 0.429. The van der Waals surface area contributed by atoms with Crippen molar-refractivity contribution in [3.05, 3.63) is 102 Å². The number of halogens is 1. The van der Waals surface area contributed by atoms with Gasteiger partial charge in [-0.25, -0.2) is 9.18 Å². The Morgan fingerprint density at radius 1 is 0.886 bits per heavy atom. The van der Waals surface area contributed by atoms with Crippen LogP contribution in [0.2, 0.25) is 0 Å². The highest BCUT2D eigenvalue weighted by atomic mass is 19.1. The van der Waals surface area contributed by atoms with E-state index in [9.17, 15) is 18.8 Å². The van der Waals surface area contributed by atoms with E-state index in [1.807, 2.05) is 69.0 Å². The molecule has 3 unspecified atom stereocenters. The van der Waals surface area contributed by atoms with E-state index in [-0.39, 0.29) is 36.5 Å². The molecule has 2 aromatic carbocycles. The van der Waals surface area contributed by atoms with E-state index >= 15 is 0 Å². The molecule has 0 spiro atoms. The molecule has 3 amide bonds. The fourth-order valence-electron chi connectivity index (χ4n) is 5.38. The molecule has 2 N–H and O–H groups in total. The predicted molar refractivity (Wildman–Crippen MR) is 170 cm³/mol. The first kappa shape index (κ1) is 34.2. The van der Waals surface area contributed by atoms with Crippen molar-refractivity contribution in [2.75, 3.05) is 6.54 Å². The van der Waals surface area contributed by atoms with Crippen LogP contribution < -0.4 is 10.6 Å². The Morgan fingerprint density at radius 3 is 2.07 bits per heavy atom. The number of amides is 3. The van der Waals surface area contributed by atoms with Gasteiger partial charge < -0.3 is 20.3 Å². The van der Waals surface area contributed by atoms with Gasteiger partial charge in [-0.05, 0) is 77.3 Å². The number of ether oxygens (including phenoxy) is 1. The first-order chi connectivity index (χ1) is 20.8. The van der Waals surface area contributed by atoms with Crippen LogP contribution in [-0.2, 0) is 20.7 Å². The molecular weight excluding hydrogens is 559 g/mol. The molecular formula is C35H45FN4O4. The summed E-state index contributed by atoms with van der Waals surface area (Å²) in [5.41, 5.74) is 1.06. The standard InChI is InChI=1S/C35H45FN4O4/c1-23(2)40(24(3)4)33(42)31(27-17-13-19-37-21-27)28(25-14-9-8-10-15-25)22-38-32(41)30(39-34(43)44-35(5,6)7)20-26-16-11-12-18-29(26)36/h8-19,21,23-24,28,30-31H,20,22H2,1-7H3,(H,38,41)(H,39,43). The lowest BCUT2D eigenvalue weighted by Gasteiger charge is -2.37. The number of carbonyl (C=O) groups is 3. The fourth-order valence-corrected chi connectivity index (χ4v) is 5.38. The van der Waals surface area contributed by atoms with Crippen LogP contribution in [0.1, 0.15) is 77.0 Å². The molecule has 8 nitrogen and oxygen atoms in total. The van der Waals surface area contributed by atoms with Crippen LogP contribution in [0.25, 0.3) is 0 Å². The zero-order chi connectivity index (χ0) is 32.4. The number of pyridine rings is 1. The molecule has 3 atom stereocenters. The third-order valence-corrected chi connectivity index (χ3v) is 7.19. The summed E-state index contributed by atoms with van der Waals surface area (Å²) in [7, 11) is 0. The number of benzene rings is 2. The highest BCUT2D eigenvalue weighted by Gasteiger charge is 2.37. The lowest BCUT2D eigenvalue weighted by molar-refractivity contribution is -0.137. The van der Waals surface area contributed by atoms with Gasteiger partial charge in [0.1, 0.15) is 17.5 Å². The van der Waals surface area contributed by atoms with Gasteiger partial charge in [-0.15, -0.1) is 0 Å². The van der Waals surface area contributed by atoms with E-state index in [1.165, 1.54) is 6.07 Å². The lowest BCUT2D eigenvalue weighted by Crippen LogP contribution is -2.51. The molecule has 0 aliphatic heterocycles. The number of nitrogens with one attached hydrogen (secondary N) is 2. The maximum Gasteiger partial charge on any atom is 0.408 e. The second-order valence-corrected chi connectivity index (χ2v) is 12.5. The Balaban J connectivity index is 1.99. The second-order valence-electron chi connectivity index (χ2n) is 12.5. The number of carbonyl (C=O) groups excluding carboxylic acids is 3. The maximum atomic E-state index is 14.6. The van der Waals surface area contributed by atoms with Crippen LogP contribution in [0.3, 0.4) is 0 Å². The first-order valence-electron chi connectivity index (χ1n) is 15.1. The topological polar surface area (TPSA) is 101 Å². The second kappa shape index (κ2) is 15.5. The maximum absolute atomic E-state index is 14.6. The summed E-state index contributed by atoms with van der Waals surface area (Å²) in [4.78, 5) is 47.0. The van der Waals surface area contributed by atoms with Crippen molar-refractivity contribution in [1.29, 1.82) is 0 Å². The van der Waals surface area contributed by atoms with E-state index < -0.39 is 41.3 Å². The summed E-state index contributed by atoms with van der Waals surface area (Å²) >= 11 is 0. The van der Waals surface area contributed by atoms with Crippen LogP contribution in [-0.4, -0.2) is 58.1 Å². The van der Waals surface area contributed by atoms with Crippen molar-refractivity contribution in [3.63, 3.8) is 0 Å². The summed E-state index contributed by atoms with van der Waals surface area (Å²) in [6, 6.07) is 18.1. The molecule has 0 fully saturated rings. The molecule has 1 aromatic heterocycles. The summed E-state index contributed by atoms with van der Waals surface area (Å²) in [5, 5.41) is 5.59. The molecule has 3 rings (SSSR count). The molecule has 44 heavy (non-hydrogen) atoms. The highest BCUT2D eigenvalue weighted by Crippen LogP contribution is 2.35. The molecule has 0 radical (unpaired) electrons. The zero-order valence-corrected chi connectivity index (χ0v) is 26.7. The molecule has 3 aromatic rings. The third kappa shape index (κ3) is 9.62. The van der Waals surface area contributed by atoms with Crippen LogP contribution in [0.15, 0.2) is 79.1 Å². The van der Waals surface area contributed by atoms with Crippen molar-refractivity contribution in [1.82, 2.24) is 20.5 Å². The Bertz CT molecular complexity index is 1370. The van der Waals surface area contributed by atoms with Gasteiger partial charge in [0.15, 0.2) is 0 Å². The van der Waals surface area contributed by atoms with Gasteiger partial charge in [0, 0.05) is 43.4 Å². The van der Waals surface area contributed by atoms with E-state index in [2.05, 4.69) is 15.6 Å². The minimum Gasteiger partial charge on any atom is -0.444 e. The summed E-state index contributed by atoms with van der Waals surface area (Å²) in [5.74, 6) is -2.24. The Morgan fingerprint density at radius 2 is 1.50 bits per heavy atom. The van der Waals surface area contributed by atoms with Crippen molar-refractivity contribution < 1.29 is 23.5 Å². The van der Waals surface area contributed by atoms with Crippen molar-refractivity contribution in [2.45, 2.75) is 90.4 Å². The van der Waals surface area contributed by atoms with Gasteiger partial charge in [0.05, 0.1) is 5.92 Å². The SMILES string of the molecule is CC(C)N(C(=O)C(c1cccnc1)C(CNC(=O)C(Cc1ccccc1F)NC(=O)OC(C)(C)C)c1ccccc1)C(C)C. The smallest absolute Gasteiger partial charge is 0.408 e. The molecule has 0 bridgehead atoms. The molecule has 0 aliphatic carbocycles. The average molecular weight is 605 g/mol. The average Bonchev–Trinajstić information content (AvgIpc) is 2.95. The molecule has 9 heteroatoms. The molecule has 1 heterocycles. The number of rotatable bonds is 12. The number of hydrogen-bond donors (Lipinski definition) is 2. The molecule has 236 valence electrons. The Labute approximate surface area is 260 Å². The van der Waals surface area contributed by atoms with Crippen LogP contribution in [0.5, 0.6) is 0 Å². The normalized spacial score (nSPS) is 13.6. The van der Waals surface area contributed by atoms with E-state index in [0.29, 0.717) is 0 Å². The van der Waals surface area contributed by atoms with Gasteiger partial charge in [-0.3, -0.25) is 14.6 Å². The van der Waals surface area contributed by atoms with Gasteiger partial charge in [-0.1, -0.05) is 54.6 Å². The minimum atomic E-state index is -1.13. The lowest BCUT2D eigenvalue weighted by atomic mass is 9.80. The first-order valence-corrected chi connectivity index (χ1v) is 15.1. The largest absolute Gasteiger partial charge is 0.444 e. The number of nitrogens with zero attached hydrogens (tertiary/aromatic N) is 2. The minimum absolute atomic E-state index is 0.0594. The third-order valence-electron chi connectivity index (χ3n) is 7.19. The monoisotopic (exact) mass is 604 g/mol. The van der Waals surface area contributed by atoms with Crippen LogP contribution >= 0.6 is 0 Å². The van der Waals surface area contributed by atoms with E-state index in [1.54, 1.807) is 57.4 Å². The number of aromatic nitrogens is 1. The number of hydrogen-bond acceptors (Lipinski definition) is 5. The quantitative estimate of drug-likeness (QED) is 0.265. The summed E-state index contributed by atoms with van der Waals surface area (Å²) in [6.07, 6.45) is 2.46. The van der Waals surface area contributed by atoms with Gasteiger partial charge in [0.2, 0.25) is 11.8 Å². The highest BCUT2D eigenvalue weighted by molar-refractivity contribution is 5.87. The van der Waals surface area contributed by atoms with E-state index in [4.69, 9.17) is 4.74 Å². The van der Waals surface area contributed by atoms with Crippen molar-refractivity contribution >= 4 is 17.9 Å². The Kier molecular flexibility index (Phi) is 12.0. The van der Waals surface area contributed by atoms with Crippen molar-refractivity contribution in [3.8, 4) is 0 Å². The van der Waals surface area contributed by atoms with Crippen LogP contribution in [0, 0.1) is 5.82 Å². The summed E-state index contributed by atoms with van der Waals surface area (Å²) in [6.45, 7) is 13.1. The van der Waals surface area contributed by atoms with E-state index in [0.717, 1.165) is 11.1 Å². The number of alkyl carbamates (subject to hydrolysis) is 1. The predicted octanol–water partition coefficient (Wildman–Crippen LogP) is 5.99. The Hall–Kier alpha value is -4.27. The summed E-state index contributed by atoms with van der Waals surface area (Å²) < 4.78 is 20.0. The molecule has 0 saturated heterocycles. The van der Waals surface area contributed by atoms with Gasteiger partial charge in [-0.2, -0.15) is 0 Å². The molecule has 0 aliphatic rings. The van der Waals surface area contributed by atoms with Gasteiger partial charge >= 0.3 is 6.09 Å². The molecule has 0 saturated carbocycles. The van der Waals surface area contributed by atoms with Crippen molar-refractivity contribution in [2.24, 2.45) is 0 Å². The van der Waals surface area contributed by atoms with Crippen LogP contribution in [0.4, 0.5) is 9.18 Å². The van der Waals surface area contributed by atoms with Gasteiger partial charge in [0.25, 0.3) is 0 Å².